The molecule has 4 nitrogen and oxygen atoms in total. The molecule has 1 atom stereocenters. The van der Waals surface area contributed by atoms with Crippen LogP contribution in [0.2, 0.25) is 0 Å². The molecule has 0 aliphatic carbocycles. The van der Waals surface area contributed by atoms with Crippen LogP contribution in [-0.4, -0.2) is 35.0 Å². The maximum Gasteiger partial charge on any atom is 0.191 e. The highest BCUT2D eigenvalue weighted by Gasteiger charge is 2.18. The van der Waals surface area contributed by atoms with Crippen LogP contribution in [0.5, 0.6) is 0 Å². The van der Waals surface area contributed by atoms with E-state index < -0.39 is 0 Å². The molecule has 1 aliphatic heterocycles. The highest BCUT2D eigenvalue weighted by Crippen LogP contribution is 2.24. The van der Waals surface area contributed by atoms with Crippen molar-refractivity contribution < 1.29 is 0 Å². The summed E-state index contributed by atoms with van der Waals surface area (Å²) in [6.07, 6.45) is 2.53. The van der Waals surface area contributed by atoms with E-state index in [1.165, 1.54) is 24.3 Å². The second-order valence-electron chi connectivity index (χ2n) is 6.63. The van der Waals surface area contributed by atoms with Gasteiger partial charge in [-0.05, 0) is 25.5 Å². The molecule has 0 spiro atoms. The number of nitrogens with zero attached hydrogens (tertiary/aromatic N) is 2. The summed E-state index contributed by atoms with van der Waals surface area (Å²) in [6, 6.07) is 0.540. The summed E-state index contributed by atoms with van der Waals surface area (Å²) in [5.41, 5.74) is 1.27. The Hall–Kier alpha value is -0.0200. The number of hydrogen-bond acceptors (Lipinski definition) is 4. The quantitative estimate of drug-likeness (QED) is 0.398. The maximum absolute atomic E-state index is 4.71. The molecule has 1 unspecified atom stereocenters. The van der Waals surface area contributed by atoms with Crippen molar-refractivity contribution >= 4 is 53.0 Å². The lowest BCUT2D eigenvalue weighted by molar-refractivity contribution is 0.570. The van der Waals surface area contributed by atoms with E-state index in [0.717, 1.165) is 23.2 Å². The van der Waals surface area contributed by atoms with Crippen molar-refractivity contribution in [3.63, 3.8) is 0 Å². The monoisotopic (exact) mass is 468 g/mol. The lowest BCUT2D eigenvalue weighted by atomic mass is 9.93. The number of thioether (sulfide) groups is 1. The Bertz CT molecular complexity index is 491. The number of guanidine groups is 1. The third-order valence-electron chi connectivity index (χ3n) is 3.54. The van der Waals surface area contributed by atoms with E-state index in [-0.39, 0.29) is 29.4 Å². The smallest absolute Gasteiger partial charge is 0.191 e. The molecule has 2 rings (SSSR count). The summed E-state index contributed by atoms with van der Waals surface area (Å²) in [5.74, 6) is 3.39. The summed E-state index contributed by atoms with van der Waals surface area (Å²) in [6.45, 7) is 10.2. The molecule has 1 aromatic heterocycles. The van der Waals surface area contributed by atoms with Crippen molar-refractivity contribution in [2.45, 2.75) is 58.5 Å². The van der Waals surface area contributed by atoms with Crippen LogP contribution in [0.1, 0.15) is 51.2 Å². The van der Waals surface area contributed by atoms with Crippen LogP contribution < -0.4 is 10.6 Å². The minimum atomic E-state index is 0. The normalized spacial score (nSPS) is 19.1. The number of thiazole rings is 1. The minimum absolute atomic E-state index is 0. The molecule has 0 aromatic carbocycles. The molecule has 0 saturated carbocycles. The van der Waals surface area contributed by atoms with E-state index in [9.17, 15) is 0 Å². The molecule has 2 heterocycles. The van der Waals surface area contributed by atoms with Gasteiger partial charge in [0.15, 0.2) is 5.96 Å². The Balaban J connectivity index is 0.00000264. The van der Waals surface area contributed by atoms with Crippen LogP contribution in [0.4, 0.5) is 0 Å². The lowest BCUT2D eigenvalue weighted by Gasteiger charge is -2.24. The molecule has 0 amide bonds. The second kappa shape index (κ2) is 10.1. The number of hydrogen-bond donors (Lipinski definition) is 2. The fourth-order valence-corrected chi connectivity index (χ4v) is 4.26. The average Bonchev–Trinajstić information content (AvgIpc) is 2.95. The van der Waals surface area contributed by atoms with Crippen LogP contribution in [0.3, 0.4) is 0 Å². The molecule has 1 saturated heterocycles. The van der Waals surface area contributed by atoms with Gasteiger partial charge in [0.2, 0.25) is 0 Å². The third-order valence-corrected chi connectivity index (χ3v) is 5.59. The first-order valence-corrected chi connectivity index (χ1v) is 10.1. The molecule has 7 heteroatoms. The Kier molecular flexibility index (Phi) is 9.21. The van der Waals surface area contributed by atoms with Crippen LogP contribution in [0.15, 0.2) is 10.4 Å². The van der Waals surface area contributed by atoms with Gasteiger partial charge in [0, 0.05) is 29.1 Å². The SMILES string of the molecule is CCNC(=NCc1nc(C(C)(C)C)cs1)NC1CCCSC1.I. The fraction of sp³-hybridized carbons (Fsp3) is 0.750. The molecular formula is C16H29IN4S2. The van der Waals surface area contributed by atoms with Gasteiger partial charge in [-0.2, -0.15) is 11.8 Å². The minimum Gasteiger partial charge on any atom is -0.357 e. The summed E-state index contributed by atoms with van der Waals surface area (Å²) < 4.78 is 0. The lowest BCUT2D eigenvalue weighted by Crippen LogP contribution is -2.45. The van der Waals surface area contributed by atoms with Gasteiger partial charge in [0.05, 0.1) is 12.2 Å². The van der Waals surface area contributed by atoms with Crippen LogP contribution >= 0.6 is 47.1 Å². The van der Waals surface area contributed by atoms with Crippen LogP contribution in [0.25, 0.3) is 0 Å². The Morgan fingerprint density at radius 3 is 2.78 bits per heavy atom. The number of aliphatic imine (C=N–C) groups is 1. The predicted octanol–water partition coefficient (Wildman–Crippen LogP) is 4.01. The molecule has 132 valence electrons. The van der Waals surface area contributed by atoms with Gasteiger partial charge in [-0.1, -0.05) is 20.8 Å². The van der Waals surface area contributed by atoms with Gasteiger partial charge in [-0.15, -0.1) is 35.3 Å². The molecule has 0 radical (unpaired) electrons. The number of nitrogens with one attached hydrogen (secondary N) is 2. The Morgan fingerprint density at radius 2 is 2.22 bits per heavy atom. The van der Waals surface area contributed by atoms with Crippen molar-refractivity contribution in [1.29, 1.82) is 0 Å². The van der Waals surface area contributed by atoms with Crippen molar-refractivity contribution in [2.24, 2.45) is 4.99 Å². The number of rotatable bonds is 4. The van der Waals surface area contributed by atoms with E-state index in [1.807, 2.05) is 11.8 Å². The first-order valence-electron chi connectivity index (χ1n) is 8.06. The first kappa shape index (κ1) is 21.0. The molecule has 2 N–H and O–H groups in total. The third kappa shape index (κ3) is 7.17. The maximum atomic E-state index is 4.71. The van der Waals surface area contributed by atoms with Crippen molar-refractivity contribution in [3.8, 4) is 0 Å². The molecule has 0 bridgehead atoms. The van der Waals surface area contributed by atoms with Crippen molar-refractivity contribution in [2.75, 3.05) is 18.1 Å². The zero-order chi connectivity index (χ0) is 16.0. The van der Waals surface area contributed by atoms with Gasteiger partial charge in [0.25, 0.3) is 0 Å². The second-order valence-corrected chi connectivity index (χ2v) is 8.72. The van der Waals surface area contributed by atoms with Crippen molar-refractivity contribution in [1.82, 2.24) is 15.6 Å². The van der Waals surface area contributed by atoms with Gasteiger partial charge in [0.1, 0.15) is 5.01 Å². The predicted molar refractivity (Wildman–Crippen MR) is 115 cm³/mol. The molecule has 1 fully saturated rings. The molecule has 1 aromatic rings. The molecule has 23 heavy (non-hydrogen) atoms. The fourth-order valence-electron chi connectivity index (χ4n) is 2.24. The summed E-state index contributed by atoms with van der Waals surface area (Å²) in [5, 5.41) is 10.1. The van der Waals surface area contributed by atoms with Gasteiger partial charge in [-0.25, -0.2) is 9.98 Å². The topological polar surface area (TPSA) is 49.3 Å². The van der Waals surface area contributed by atoms with E-state index in [1.54, 1.807) is 11.3 Å². The first-order chi connectivity index (χ1) is 10.5. The van der Waals surface area contributed by atoms with Crippen LogP contribution in [0, 0.1) is 0 Å². The van der Waals surface area contributed by atoms with Crippen molar-refractivity contribution in [3.05, 3.63) is 16.1 Å². The van der Waals surface area contributed by atoms with Gasteiger partial charge >= 0.3 is 0 Å². The Labute approximate surface area is 165 Å². The summed E-state index contributed by atoms with van der Waals surface area (Å²) in [4.78, 5) is 9.42. The molecule has 1 aliphatic rings. The number of halogens is 1. The van der Waals surface area contributed by atoms with E-state index >= 15 is 0 Å². The summed E-state index contributed by atoms with van der Waals surface area (Å²) >= 11 is 3.73. The van der Waals surface area contributed by atoms with Gasteiger partial charge < -0.3 is 10.6 Å². The largest absolute Gasteiger partial charge is 0.357 e. The van der Waals surface area contributed by atoms with Gasteiger partial charge in [-0.3, -0.25) is 0 Å². The standard InChI is InChI=1S/C16H28N4S2.HI/c1-5-17-15(19-12-7-6-8-21-10-12)18-9-14-20-13(11-22-14)16(2,3)4;/h11-12H,5-10H2,1-4H3,(H2,17,18,19);1H. The highest BCUT2D eigenvalue weighted by atomic mass is 127. The van der Waals surface area contributed by atoms with E-state index in [2.05, 4.69) is 43.7 Å². The van der Waals surface area contributed by atoms with E-state index in [4.69, 9.17) is 9.98 Å². The van der Waals surface area contributed by atoms with E-state index in [0.29, 0.717) is 12.6 Å². The number of aromatic nitrogens is 1. The molecular weight excluding hydrogens is 439 g/mol. The summed E-state index contributed by atoms with van der Waals surface area (Å²) in [7, 11) is 0. The highest BCUT2D eigenvalue weighted by molar-refractivity contribution is 14.0. The average molecular weight is 468 g/mol. The zero-order valence-electron chi connectivity index (χ0n) is 14.5. The Morgan fingerprint density at radius 1 is 1.43 bits per heavy atom. The zero-order valence-corrected chi connectivity index (χ0v) is 18.5. The van der Waals surface area contributed by atoms with Crippen LogP contribution in [-0.2, 0) is 12.0 Å².